The lowest BCUT2D eigenvalue weighted by Gasteiger charge is -2.07. The average molecular weight is 254 g/mol. The number of hydrogen-bond donors (Lipinski definition) is 0. The summed E-state index contributed by atoms with van der Waals surface area (Å²) >= 11 is 0. The fourth-order valence-electron chi connectivity index (χ4n) is 1.48. The van der Waals surface area contributed by atoms with Crippen molar-refractivity contribution in [3.63, 3.8) is 0 Å². The maximum Gasteiger partial charge on any atom is 0.276 e. The molecule has 6 heteroatoms. The number of hydrogen-bond acceptors (Lipinski definition) is 3. The van der Waals surface area contributed by atoms with Crippen molar-refractivity contribution in [3.05, 3.63) is 35.5 Å². The van der Waals surface area contributed by atoms with E-state index in [4.69, 9.17) is 9.47 Å². The summed E-state index contributed by atoms with van der Waals surface area (Å²) in [5.74, 6) is -0.954. The van der Waals surface area contributed by atoms with Gasteiger partial charge in [0, 0.05) is 13.1 Å². The van der Waals surface area contributed by atoms with Crippen molar-refractivity contribution in [1.29, 1.82) is 0 Å². The Hall–Kier alpha value is -2.11. The highest BCUT2D eigenvalue weighted by molar-refractivity contribution is 5.42. The molecule has 0 spiro atoms. The van der Waals surface area contributed by atoms with Crippen molar-refractivity contribution in [2.45, 2.75) is 6.92 Å². The molecule has 0 saturated heterocycles. The van der Waals surface area contributed by atoms with Crippen LogP contribution in [-0.2, 0) is 7.05 Å². The number of halogens is 2. The fraction of sp³-hybridized carbons (Fsp3) is 0.250. The summed E-state index contributed by atoms with van der Waals surface area (Å²) in [6.45, 7) is 1.76. The van der Waals surface area contributed by atoms with Gasteiger partial charge in [-0.25, -0.2) is 8.78 Å². The highest BCUT2D eigenvalue weighted by Gasteiger charge is 2.17. The number of aromatic nitrogens is 2. The molecule has 0 saturated carbocycles. The van der Waals surface area contributed by atoms with Gasteiger partial charge in [0.2, 0.25) is 5.75 Å². The largest absolute Gasteiger partial charge is 0.477 e. The van der Waals surface area contributed by atoms with Crippen molar-refractivity contribution in [2.24, 2.45) is 7.05 Å². The molecule has 0 radical (unpaired) electrons. The first-order valence-electron chi connectivity index (χ1n) is 5.23. The minimum Gasteiger partial charge on any atom is -0.477 e. The van der Waals surface area contributed by atoms with Crippen LogP contribution in [0, 0.1) is 18.6 Å². The molecular formula is C12H12F2N2O2. The smallest absolute Gasteiger partial charge is 0.276 e. The zero-order chi connectivity index (χ0) is 13.3. The molecule has 0 bridgehead atoms. The van der Waals surface area contributed by atoms with E-state index in [0.29, 0.717) is 11.4 Å². The summed E-state index contributed by atoms with van der Waals surface area (Å²) in [4.78, 5) is 0. The van der Waals surface area contributed by atoms with Crippen molar-refractivity contribution in [1.82, 2.24) is 9.78 Å². The average Bonchev–Trinajstić information content (AvgIpc) is 2.60. The topological polar surface area (TPSA) is 36.3 Å². The molecule has 0 N–H and O–H groups in total. The van der Waals surface area contributed by atoms with Gasteiger partial charge in [-0.3, -0.25) is 4.68 Å². The van der Waals surface area contributed by atoms with E-state index in [9.17, 15) is 8.78 Å². The molecule has 96 valence electrons. The van der Waals surface area contributed by atoms with Gasteiger partial charge in [0.25, 0.3) is 5.88 Å². The lowest BCUT2D eigenvalue weighted by Crippen LogP contribution is -1.94. The van der Waals surface area contributed by atoms with Crippen LogP contribution in [0.4, 0.5) is 8.78 Å². The highest BCUT2D eigenvalue weighted by Crippen LogP contribution is 2.34. The summed E-state index contributed by atoms with van der Waals surface area (Å²) in [6.07, 6.45) is 0. The van der Waals surface area contributed by atoms with Gasteiger partial charge < -0.3 is 9.47 Å². The van der Waals surface area contributed by atoms with Gasteiger partial charge in [0.15, 0.2) is 11.6 Å². The summed E-state index contributed by atoms with van der Waals surface area (Å²) in [7, 11) is 3.15. The number of aryl methyl sites for hydroxylation is 1. The molecule has 4 nitrogen and oxygen atoms in total. The maximum absolute atomic E-state index is 13.5. The monoisotopic (exact) mass is 254 g/mol. The van der Waals surface area contributed by atoms with E-state index in [-0.39, 0.29) is 11.6 Å². The highest BCUT2D eigenvalue weighted by atomic mass is 19.1. The van der Waals surface area contributed by atoms with Crippen molar-refractivity contribution < 1.29 is 18.3 Å². The van der Waals surface area contributed by atoms with E-state index in [2.05, 4.69) is 5.10 Å². The van der Waals surface area contributed by atoms with Gasteiger partial charge in [0.1, 0.15) is 5.82 Å². The molecule has 1 aromatic heterocycles. The van der Waals surface area contributed by atoms with Crippen LogP contribution in [-0.4, -0.2) is 16.9 Å². The first kappa shape index (κ1) is 12.3. The van der Waals surface area contributed by atoms with Crippen molar-refractivity contribution in [2.75, 3.05) is 7.11 Å². The second-order valence-electron chi connectivity index (χ2n) is 3.72. The van der Waals surface area contributed by atoms with Crippen LogP contribution < -0.4 is 9.47 Å². The first-order chi connectivity index (χ1) is 8.52. The lowest BCUT2D eigenvalue weighted by atomic mass is 10.3. The van der Waals surface area contributed by atoms with Crippen LogP contribution in [0.25, 0.3) is 0 Å². The fourth-order valence-corrected chi connectivity index (χ4v) is 1.48. The molecule has 0 atom stereocenters. The van der Waals surface area contributed by atoms with E-state index in [1.54, 1.807) is 18.7 Å². The standard InChI is InChI=1S/C12H12F2N2O2/c1-7-11(12(17-3)15-16(7)2)18-10-5-4-8(13)6-9(10)14/h4-6H,1-3H3. The van der Waals surface area contributed by atoms with E-state index in [1.807, 2.05) is 0 Å². The molecule has 18 heavy (non-hydrogen) atoms. The molecule has 2 aromatic rings. The minimum absolute atomic E-state index is 0.0780. The molecule has 0 fully saturated rings. The predicted molar refractivity (Wildman–Crippen MR) is 60.9 cm³/mol. The Kier molecular flexibility index (Phi) is 3.18. The van der Waals surface area contributed by atoms with Crippen LogP contribution in [0.2, 0.25) is 0 Å². The number of benzene rings is 1. The van der Waals surface area contributed by atoms with Gasteiger partial charge in [-0.15, -0.1) is 5.10 Å². The Morgan fingerprint density at radius 3 is 2.61 bits per heavy atom. The third kappa shape index (κ3) is 2.13. The van der Waals surface area contributed by atoms with Crippen LogP contribution in [0.1, 0.15) is 5.69 Å². The third-order valence-electron chi connectivity index (χ3n) is 2.55. The third-order valence-corrected chi connectivity index (χ3v) is 2.55. The summed E-state index contributed by atoms with van der Waals surface area (Å²) in [5, 5.41) is 4.04. The Labute approximate surface area is 103 Å². The number of nitrogens with zero attached hydrogens (tertiary/aromatic N) is 2. The minimum atomic E-state index is -0.777. The zero-order valence-electron chi connectivity index (χ0n) is 10.2. The van der Waals surface area contributed by atoms with Crippen LogP contribution >= 0.6 is 0 Å². The summed E-state index contributed by atoms with van der Waals surface area (Å²) in [5.41, 5.74) is 0.676. The molecule has 1 heterocycles. The van der Waals surface area contributed by atoms with Crippen LogP contribution in [0.3, 0.4) is 0 Å². The van der Waals surface area contributed by atoms with E-state index in [0.717, 1.165) is 12.1 Å². The maximum atomic E-state index is 13.5. The lowest BCUT2D eigenvalue weighted by molar-refractivity contribution is 0.358. The summed E-state index contributed by atoms with van der Waals surface area (Å²) in [6, 6.07) is 3.10. The normalized spacial score (nSPS) is 10.5. The van der Waals surface area contributed by atoms with E-state index in [1.165, 1.54) is 13.2 Å². The second-order valence-corrected chi connectivity index (χ2v) is 3.72. The molecule has 1 aromatic carbocycles. The molecule has 0 amide bonds. The number of ether oxygens (including phenoxy) is 2. The van der Waals surface area contributed by atoms with Gasteiger partial charge in [0.05, 0.1) is 12.8 Å². The van der Waals surface area contributed by atoms with Crippen molar-refractivity contribution >= 4 is 0 Å². The molecule has 2 rings (SSSR count). The van der Waals surface area contributed by atoms with Crippen LogP contribution in [0.15, 0.2) is 18.2 Å². The summed E-state index contributed by atoms with van der Waals surface area (Å²) < 4.78 is 38.2. The number of methoxy groups -OCH3 is 1. The van der Waals surface area contributed by atoms with Gasteiger partial charge >= 0.3 is 0 Å². The van der Waals surface area contributed by atoms with Gasteiger partial charge in [-0.1, -0.05) is 0 Å². The van der Waals surface area contributed by atoms with Crippen molar-refractivity contribution in [3.8, 4) is 17.4 Å². The quantitative estimate of drug-likeness (QED) is 0.845. The molecule has 0 aliphatic carbocycles. The Morgan fingerprint density at radius 1 is 1.28 bits per heavy atom. The van der Waals surface area contributed by atoms with Gasteiger partial charge in [-0.2, -0.15) is 0 Å². The second kappa shape index (κ2) is 4.64. The molecule has 0 aliphatic heterocycles. The first-order valence-corrected chi connectivity index (χ1v) is 5.23. The Morgan fingerprint density at radius 2 is 2.00 bits per heavy atom. The zero-order valence-corrected chi connectivity index (χ0v) is 10.2. The Balaban J connectivity index is 2.39. The Bertz CT molecular complexity index is 582. The van der Waals surface area contributed by atoms with Crippen LogP contribution in [0.5, 0.6) is 17.4 Å². The molecule has 0 aliphatic rings. The van der Waals surface area contributed by atoms with E-state index >= 15 is 0 Å². The number of rotatable bonds is 3. The molecule has 0 unspecified atom stereocenters. The predicted octanol–water partition coefficient (Wildman–Crippen LogP) is 2.81. The SMILES string of the molecule is COc1nn(C)c(C)c1Oc1ccc(F)cc1F. The van der Waals surface area contributed by atoms with E-state index < -0.39 is 11.6 Å². The molecular weight excluding hydrogens is 242 g/mol. The van der Waals surface area contributed by atoms with Gasteiger partial charge in [-0.05, 0) is 19.1 Å².